The summed E-state index contributed by atoms with van der Waals surface area (Å²) in [6.07, 6.45) is -3.58. The third kappa shape index (κ3) is 4.46. The van der Waals surface area contributed by atoms with E-state index in [-0.39, 0.29) is 31.3 Å². The van der Waals surface area contributed by atoms with Gasteiger partial charge < -0.3 is 11.5 Å². The molecule has 0 aliphatic rings. The molecule has 0 unspecified atom stereocenters. The standard InChI is InChI=1S/C16H13F3N3.C2H5.Os/c1-10(2)22-14(11-6-4-3-5-7-11)21-13-8-12(16(17,18)19)9-20-15(13)22;1-2;/h3-6,8-10H,1-2H3;1H2,2H3;/q2*-1;+1. The SMILES string of the molecule is CC(C)n1c(-c2[c-]cccc2)nc2cc(C(F)(F)F)cnc21.[CH2-]C.[Os+]. The average molecular weight is 524 g/mol. The van der Waals surface area contributed by atoms with Gasteiger partial charge in [0.05, 0.1) is 16.9 Å². The summed E-state index contributed by atoms with van der Waals surface area (Å²) < 4.78 is 40.3. The Labute approximate surface area is 158 Å². The topological polar surface area (TPSA) is 30.7 Å². The van der Waals surface area contributed by atoms with E-state index in [1.54, 1.807) is 13.0 Å². The number of benzene rings is 1. The zero-order chi connectivity index (χ0) is 17.9. The van der Waals surface area contributed by atoms with Crippen molar-refractivity contribution in [3.05, 3.63) is 55.1 Å². The van der Waals surface area contributed by atoms with Crippen LogP contribution in [0, 0.1) is 13.0 Å². The number of aromatic nitrogens is 3. The van der Waals surface area contributed by atoms with E-state index in [0.29, 0.717) is 11.5 Å². The molecule has 135 valence electrons. The van der Waals surface area contributed by atoms with Gasteiger partial charge in [-0.05, 0) is 19.9 Å². The van der Waals surface area contributed by atoms with E-state index in [9.17, 15) is 13.2 Å². The molecule has 0 fully saturated rings. The summed E-state index contributed by atoms with van der Waals surface area (Å²) in [4.78, 5) is 8.33. The number of hydrogen-bond acceptors (Lipinski definition) is 2. The average Bonchev–Trinajstić information content (AvgIpc) is 2.95. The minimum atomic E-state index is -4.43. The van der Waals surface area contributed by atoms with Gasteiger partial charge in [0.2, 0.25) is 0 Å². The molecule has 3 aromatic rings. The number of fused-ring (bicyclic) bond motifs is 1. The van der Waals surface area contributed by atoms with Crippen LogP contribution in [-0.2, 0) is 26.0 Å². The summed E-state index contributed by atoms with van der Waals surface area (Å²) in [6, 6.07) is 11.3. The molecule has 1 aromatic carbocycles. The van der Waals surface area contributed by atoms with Crippen LogP contribution < -0.4 is 0 Å². The van der Waals surface area contributed by atoms with Crippen molar-refractivity contribution in [2.45, 2.75) is 33.0 Å². The summed E-state index contributed by atoms with van der Waals surface area (Å²) >= 11 is 0. The Balaban J connectivity index is 0.00000101. The Bertz CT molecular complexity index is 812. The molecule has 1 radical (unpaired) electrons. The minimum absolute atomic E-state index is 0. The zero-order valence-electron chi connectivity index (χ0n) is 14.1. The number of halogens is 3. The van der Waals surface area contributed by atoms with E-state index >= 15 is 0 Å². The van der Waals surface area contributed by atoms with Crippen molar-refractivity contribution in [3.8, 4) is 11.4 Å². The van der Waals surface area contributed by atoms with Gasteiger partial charge in [0.15, 0.2) is 5.65 Å². The van der Waals surface area contributed by atoms with Gasteiger partial charge in [-0.25, -0.2) is 4.98 Å². The van der Waals surface area contributed by atoms with Gasteiger partial charge >= 0.3 is 26.0 Å². The van der Waals surface area contributed by atoms with Gasteiger partial charge in [-0.15, -0.1) is 35.9 Å². The fraction of sp³-hybridized carbons (Fsp3) is 0.278. The fourth-order valence-corrected chi connectivity index (χ4v) is 2.35. The Morgan fingerprint density at radius 2 is 1.88 bits per heavy atom. The Morgan fingerprint density at radius 3 is 2.40 bits per heavy atom. The van der Waals surface area contributed by atoms with Crippen LogP contribution in [0.15, 0.2) is 36.5 Å². The van der Waals surface area contributed by atoms with Crippen LogP contribution in [0.25, 0.3) is 22.6 Å². The van der Waals surface area contributed by atoms with Gasteiger partial charge in [-0.2, -0.15) is 20.1 Å². The van der Waals surface area contributed by atoms with Crippen molar-refractivity contribution in [3.63, 3.8) is 0 Å². The van der Waals surface area contributed by atoms with Gasteiger partial charge in [-0.3, -0.25) is 4.98 Å². The second-order valence-electron chi connectivity index (χ2n) is 5.24. The van der Waals surface area contributed by atoms with Crippen LogP contribution in [0.1, 0.15) is 32.4 Å². The molecule has 0 saturated carbocycles. The Morgan fingerprint density at radius 1 is 1.20 bits per heavy atom. The monoisotopic (exact) mass is 525 g/mol. The molecule has 3 rings (SSSR count). The van der Waals surface area contributed by atoms with Crippen LogP contribution in [0.5, 0.6) is 0 Å². The van der Waals surface area contributed by atoms with Crippen LogP contribution >= 0.6 is 0 Å². The van der Waals surface area contributed by atoms with Crippen molar-refractivity contribution < 1.29 is 33.0 Å². The maximum Gasteiger partial charge on any atom is 1.00 e. The van der Waals surface area contributed by atoms with Gasteiger partial charge in [0.25, 0.3) is 0 Å². The molecule has 2 heterocycles. The number of alkyl halides is 3. The van der Waals surface area contributed by atoms with Crippen molar-refractivity contribution >= 4 is 11.2 Å². The zero-order valence-corrected chi connectivity index (χ0v) is 16.6. The van der Waals surface area contributed by atoms with Gasteiger partial charge in [0.1, 0.15) is 0 Å². The number of hydrogen-bond donors (Lipinski definition) is 0. The predicted octanol–water partition coefficient (Wildman–Crippen LogP) is 5.34. The van der Waals surface area contributed by atoms with E-state index in [4.69, 9.17) is 0 Å². The molecule has 0 aliphatic heterocycles. The first-order chi connectivity index (χ1) is 11.4. The third-order valence-corrected chi connectivity index (χ3v) is 3.32. The molecule has 0 atom stereocenters. The fourth-order valence-electron chi connectivity index (χ4n) is 2.35. The summed E-state index contributed by atoms with van der Waals surface area (Å²) in [6.45, 7) is 8.87. The molecule has 2 aromatic heterocycles. The predicted molar refractivity (Wildman–Crippen MR) is 88.2 cm³/mol. The van der Waals surface area contributed by atoms with E-state index in [1.807, 2.05) is 36.6 Å². The second kappa shape index (κ2) is 8.58. The molecule has 25 heavy (non-hydrogen) atoms. The quantitative estimate of drug-likeness (QED) is 0.425. The maximum atomic E-state index is 12.8. The summed E-state index contributed by atoms with van der Waals surface area (Å²) in [5.41, 5.74) is 0.603. The first-order valence-electron chi connectivity index (χ1n) is 7.51. The second-order valence-corrected chi connectivity index (χ2v) is 5.24. The summed E-state index contributed by atoms with van der Waals surface area (Å²) in [5.74, 6) is 0.567. The number of nitrogens with zero attached hydrogens (tertiary/aromatic N) is 3. The summed E-state index contributed by atoms with van der Waals surface area (Å²) in [5, 5.41) is 0. The van der Waals surface area contributed by atoms with Crippen LogP contribution in [0.2, 0.25) is 0 Å². The maximum absolute atomic E-state index is 12.8. The van der Waals surface area contributed by atoms with Crippen molar-refractivity contribution in [2.24, 2.45) is 0 Å². The van der Waals surface area contributed by atoms with Crippen molar-refractivity contribution in [1.82, 2.24) is 14.5 Å². The number of pyridine rings is 1. The van der Waals surface area contributed by atoms with Gasteiger partial charge in [-0.1, -0.05) is 0 Å². The smallest absolute Gasteiger partial charge is 0.347 e. The molecular weight excluding hydrogens is 505 g/mol. The van der Waals surface area contributed by atoms with Crippen LogP contribution in [0.3, 0.4) is 0 Å². The molecular formula is C18H18F3N3Os-. The first-order valence-corrected chi connectivity index (χ1v) is 7.51. The molecule has 0 aliphatic carbocycles. The van der Waals surface area contributed by atoms with Gasteiger partial charge in [0, 0.05) is 12.2 Å². The molecule has 3 nitrogen and oxygen atoms in total. The normalized spacial score (nSPS) is 11.0. The molecule has 0 bridgehead atoms. The van der Waals surface area contributed by atoms with Crippen LogP contribution in [0.4, 0.5) is 13.2 Å². The minimum Gasteiger partial charge on any atom is -0.347 e. The molecule has 0 amide bonds. The molecule has 0 N–H and O–H groups in total. The largest absolute Gasteiger partial charge is 1.00 e. The third-order valence-electron chi connectivity index (χ3n) is 3.32. The summed E-state index contributed by atoms with van der Waals surface area (Å²) in [7, 11) is 0. The molecule has 0 spiro atoms. The first kappa shape index (κ1) is 21.3. The molecule has 0 saturated heterocycles. The van der Waals surface area contributed by atoms with Crippen molar-refractivity contribution in [2.75, 3.05) is 0 Å². The van der Waals surface area contributed by atoms with Crippen molar-refractivity contribution in [1.29, 1.82) is 0 Å². The van der Waals surface area contributed by atoms with E-state index in [2.05, 4.69) is 23.0 Å². The van der Waals surface area contributed by atoms with E-state index < -0.39 is 11.7 Å². The Kier molecular flexibility index (Phi) is 7.31. The van der Waals surface area contributed by atoms with Crippen LogP contribution in [-0.4, -0.2) is 14.5 Å². The Hall–Kier alpha value is -1.73. The number of imidazole rings is 1. The number of rotatable bonds is 2. The molecule has 7 heteroatoms. The van der Waals surface area contributed by atoms with E-state index in [0.717, 1.165) is 17.8 Å². The van der Waals surface area contributed by atoms with E-state index in [1.165, 1.54) is 0 Å².